The van der Waals surface area contributed by atoms with Crippen LogP contribution in [-0.4, -0.2) is 11.5 Å². The summed E-state index contributed by atoms with van der Waals surface area (Å²) in [6, 6.07) is 0.542. The van der Waals surface area contributed by atoms with Gasteiger partial charge in [-0.2, -0.15) is 0 Å². The second kappa shape index (κ2) is 5.70. The summed E-state index contributed by atoms with van der Waals surface area (Å²) in [5.41, 5.74) is 1.31. The Morgan fingerprint density at radius 1 is 1.33 bits per heavy atom. The molecule has 0 radical (unpaired) electrons. The van der Waals surface area contributed by atoms with Crippen molar-refractivity contribution < 1.29 is 0 Å². The van der Waals surface area contributed by atoms with Crippen molar-refractivity contribution in [1.29, 1.82) is 0 Å². The second-order valence-corrected chi connectivity index (χ2v) is 6.79. The van der Waals surface area contributed by atoms with Crippen LogP contribution in [0, 0.1) is 5.92 Å². The maximum Gasteiger partial charge on any atom is 0.0960 e. The van der Waals surface area contributed by atoms with Crippen molar-refractivity contribution in [2.75, 3.05) is 6.54 Å². The van der Waals surface area contributed by atoms with E-state index in [0.29, 0.717) is 6.04 Å². The molecule has 2 heterocycles. The fourth-order valence-corrected chi connectivity index (χ4v) is 4.49. The first-order chi connectivity index (χ1) is 8.86. The summed E-state index contributed by atoms with van der Waals surface area (Å²) in [6.45, 7) is 3.50. The number of aromatic nitrogens is 1. The van der Waals surface area contributed by atoms with Crippen LogP contribution in [0.5, 0.6) is 0 Å². The zero-order valence-corrected chi connectivity index (χ0v) is 12.1. The van der Waals surface area contributed by atoms with Crippen molar-refractivity contribution in [3.05, 3.63) is 16.1 Å². The highest BCUT2D eigenvalue weighted by atomic mass is 32.1. The minimum atomic E-state index is 0.542. The van der Waals surface area contributed by atoms with Gasteiger partial charge in [-0.1, -0.05) is 26.2 Å². The fourth-order valence-electron chi connectivity index (χ4n) is 3.47. The van der Waals surface area contributed by atoms with Crippen LogP contribution in [-0.2, 0) is 0 Å². The SMILES string of the molecule is CCC1CCCC(c2nc([C@@H]3CCCN3)cs2)C1. The Balaban J connectivity index is 1.68. The lowest BCUT2D eigenvalue weighted by molar-refractivity contribution is 0.313. The third-order valence-electron chi connectivity index (χ3n) is 4.67. The van der Waals surface area contributed by atoms with Crippen molar-refractivity contribution in [3.63, 3.8) is 0 Å². The Morgan fingerprint density at radius 3 is 3.06 bits per heavy atom. The summed E-state index contributed by atoms with van der Waals surface area (Å²) in [6.07, 6.45) is 9.50. The molecule has 2 aliphatic rings. The van der Waals surface area contributed by atoms with E-state index < -0.39 is 0 Å². The van der Waals surface area contributed by atoms with Crippen LogP contribution in [0.4, 0.5) is 0 Å². The Bertz CT molecular complexity index is 382. The molecule has 2 unspecified atom stereocenters. The second-order valence-electron chi connectivity index (χ2n) is 5.90. The molecule has 0 amide bonds. The lowest BCUT2D eigenvalue weighted by Gasteiger charge is -2.26. The van der Waals surface area contributed by atoms with Gasteiger partial charge in [0.05, 0.1) is 16.7 Å². The van der Waals surface area contributed by atoms with Gasteiger partial charge in [0.25, 0.3) is 0 Å². The summed E-state index contributed by atoms with van der Waals surface area (Å²) in [4.78, 5) is 4.94. The van der Waals surface area contributed by atoms with E-state index in [1.165, 1.54) is 62.2 Å². The van der Waals surface area contributed by atoms with Gasteiger partial charge in [-0.15, -0.1) is 11.3 Å². The molecule has 1 N–H and O–H groups in total. The summed E-state index contributed by atoms with van der Waals surface area (Å²) in [7, 11) is 0. The molecule has 3 rings (SSSR count). The van der Waals surface area contributed by atoms with Crippen LogP contribution in [0.2, 0.25) is 0 Å². The van der Waals surface area contributed by atoms with Crippen LogP contribution in [0.25, 0.3) is 0 Å². The lowest BCUT2D eigenvalue weighted by Crippen LogP contribution is -2.15. The lowest BCUT2D eigenvalue weighted by atomic mass is 9.80. The average Bonchev–Trinajstić information content (AvgIpc) is 3.09. The minimum Gasteiger partial charge on any atom is -0.309 e. The molecule has 1 aliphatic carbocycles. The Morgan fingerprint density at radius 2 is 2.28 bits per heavy atom. The van der Waals surface area contributed by atoms with Gasteiger partial charge in [0.2, 0.25) is 0 Å². The van der Waals surface area contributed by atoms with Crippen LogP contribution in [0.1, 0.15) is 74.5 Å². The van der Waals surface area contributed by atoms with E-state index >= 15 is 0 Å². The highest BCUT2D eigenvalue weighted by molar-refractivity contribution is 7.09. The molecule has 1 aromatic rings. The van der Waals surface area contributed by atoms with Crippen molar-refractivity contribution in [1.82, 2.24) is 10.3 Å². The highest BCUT2D eigenvalue weighted by Gasteiger charge is 2.26. The van der Waals surface area contributed by atoms with Gasteiger partial charge in [0, 0.05) is 11.3 Å². The predicted octanol–water partition coefficient (Wildman–Crippen LogP) is 4.25. The van der Waals surface area contributed by atoms with Gasteiger partial charge in [-0.3, -0.25) is 0 Å². The van der Waals surface area contributed by atoms with Crippen LogP contribution >= 0.6 is 11.3 Å². The first kappa shape index (κ1) is 12.6. The van der Waals surface area contributed by atoms with Crippen molar-refractivity contribution in [3.8, 4) is 0 Å². The third kappa shape index (κ3) is 2.62. The van der Waals surface area contributed by atoms with Gasteiger partial charge in [0.1, 0.15) is 0 Å². The molecule has 1 saturated carbocycles. The molecule has 1 aromatic heterocycles. The van der Waals surface area contributed by atoms with E-state index in [1.54, 1.807) is 0 Å². The van der Waals surface area contributed by atoms with Crippen LogP contribution < -0.4 is 5.32 Å². The van der Waals surface area contributed by atoms with E-state index in [0.717, 1.165) is 11.8 Å². The van der Waals surface area contributed by atoms with Crippen LogP contribution in [0.3, 0.4) is 0 Å². The molecular formula is C15H24N2S. The Hall–Kier alpha value is -0.410. The molecule has 3 heteroatoms. The van der Waals surface area contributed by atoms with E-state index in [9.17, 15) is 0 Å². The Labute approximate surface area is 114 Å². The van der Waals surface area contributed by atoms with Crippen molar-refractivity contribution in [2.24, 2.45) is 5.92 Å². The normalized spacial score (nSPS) is 32.8. The number of nitrogens with zero attached hydrogens (tertiary/aromatic N) is 1. The molecule has 0 aromatic carbocycles. The van der Waals surface area contributed by atoms with E-state index in [4.69, 9.17) is 4.98 Å². The van der Waals surface area contributed by atoms with Gasteiger partial charge in [-0.25, -0.2) is 4.98 Å². The number of hydrogen-bond donors (Lipinski definition) is 1. The number of thiazole rings is 1. The molecular weight excluding hydrogens is 240 g/mol. The average molecular weight is 264 g/mol. The zero-order chi connectivity index (χ0) is 12.4. The maximum atomic E-state index is 4.94. The third-order valence-corrected chi connectivity index (χ3v) is 5.69. The molecule has 0 bridgehead atoms. The topological polar surface area (TPSA) is 24.9 Å². The Kier molecular flexibility index (Phi) is 4.00. The van der Waals surface area contributed by atoms with Gasteiger partial charge in [-0.05, 0) is 38.1 Å². The minimum absolute atomic E-state index is 0.542. The van der Waals surface area contributed by atoms with E-state index in [2.05, 4.69) is 17.6 Å². The maximum absolute atomic E-state index is 4.94. The van der Waals surface area contributed by atoms with E-state index in [1.807, 2.05) is 11.3 Å². The standard InChI is InChI=1S/C15H24N2S/c1-2-11-5-3-6-12(9-11)15-17-14(10-18-15)13-7-4-8-16-13/h10-13,16H,2-9H2,1H3/t11?,12?,13-/m0/s1. The number of hydrogen-bond acceptors (Lipinski definition) is 3. The molecule has 3 atom stereocenters. The fraction of sp³-hybridized carbons (Fsp3) is 0.800. The smallest absolute Gasteiger partial charge is 0.0960 e. The molecule has 18 heavy (non-hydrogen) atoms. The predicted molar refractivity (Wildman–Crippen MR) is 77.1 cm³/mol. The number of nitrogens with one attached hydrogen (secondary N) is 1. The molecule has 2 nitrogen and oxygen atoms in total. The monoisotopic (exact) mass is 264 g/mol. The molecule has 2 fully saturated rings. The summed E-state index contributed by atoms with van der Waals surface area (Å²) in [5, 5.41) is 7.27. The van der Waals surface area contributed by atoms with Gasteiger partial charge in [0.15, 0.2) is 0 Å². The molecule has 1 saturated heterocycles. The number of rotatable bonds is 3. The van der Waals surface area contributed by atoms with Gasteiger partial charge >= 0.3 is 0 Å². The first-order valence-corrected chi connectivity index (χ1v) is 8.43. The molecule has 100 valence electrons. The quantitative estimate of drug-likeness (QED) is 0.882. The summed E-state index contributed by atoms with van der Waals surface area (Å²) >= 11 is 1.90. The summed E-state index contributed by atoms with van der Waals surface area (Å²) in [5.74, 6) is 1.70. The van der Waals surface area contributed by atoms with Gasteiger partial charge < -0.3 is 5.32 Å². The zero-order valence-electron chi connectivity index (χ0n) is 11.3. The largest absolute Gasteiger partial charge is 0.309 e. The molecule has 1 aliphatic heterocycles. The van der Waals surface area contributed by atoms with Crippen LogP contribution in [0.15, 0.2) is 5.38 Å². The summed E-state index contributed by atoms with van der Waals surface area (Å²) < 4.78 is 0. The van der Waals surface area contributed by atoms with Crippen molar-refractivity contribution >= 4 is 11.3 Å². The van der Waals surface area contributed by atoms with E-state index in [-0.39, 0.29) is 0 Å². The first-order valence-electron chi connectivity index (χ1n) is 7.55. The highest BCUT2D eigenvalue weighted by Crippen LogP contribution is 2.39. The molecule has 0 spiro atoms. The van der Waals surface area contributed by atoms with Crippen molar-refractivity contribution in [2.45, 2.75) is 63.8 Å².